The molecular formula is C18H28N2O5S. The molecule has 2 atom stereocenters. The van der Waals surface area contributed by atoms with Gasteiger partial charge in [-0.3, -0.25) is 4.79 Å². The fourth-order valence-corrected chi connectivity index (χ4v) is 3.28. The van der Waals surface area contributed by atoms with Gasteiger partial charge in [-0.15, -0.1) is 0 Å². The first-order chi connectivity index (χ1) is 11.9. The van der Waals surface area contributed by atoms with Crippen LogP contribution in [0.15, 0.2) is 29.2 Å². The van der Waals surface area contributed by atoms with Crippen LogP contribution in [0.4, 0.5) is 4.79 Å². The van der Waals surface area contributed by atoms with Crippen molar-refractivity contribution in [3.05, 3.63) is 29.8 Å². The van der Waals surface area contributed by atoms with E-state index in [0.29, 0.717) is 6.42 Å². The fraction of sp³-hybridized carbons (Fsp3) is 0.556. The molecule has 1 rings (SSSR count). The maximum absolute atomic E-state index is 12.6. The molecule has 0 heterocycles. The number of hydrogen-bond donors (Lipinski definition) is 2. The highest BCUT2D eigenvalue weighted by Crippen LogP contribution is 2.14. The first-order valence-electron chi connectivity index (χ1n) is 8.48. The maximum atomic E-state index is 12.6. The lowest BCUT2D eigenvalue weighted by molar-refractivity contribution is -0.122. The van der Waals surface area contributed by atoms with Crippen molar-refractivity contribution in [2.24, 2.45) is 5.92 Å². The Labute approximate surface area is 155 Å². The smallest absolute Gasteiger partial charge is 0.408 e. The number of amides is 2. The van der Waals surface area contributed by atoms with E-state index in [9.17, 15) is 18.0 Å². The number of carbonyl (C=O) groups is 2. The third-order valence-electron chi connectivity index (χ3n) is 3.70. The van der Waals surface area contributed by atoms with Crippen molar-refractivity contribution in [2.45, 2.75) is 64.5 Å². The molecule has 2 amide bonds. The van der Waals surface area contributed by atoms with Crippen molar-refractivity contribution in [3.63, 3.8) is 0 Å². The zero-order chi connectivity index (χ0) is 20.1. The van der Waals surface area contributed by atoms with Gasteiger partial charge in [-0.2, -0.15) is 0 Å². The van der Waals surface area contributed by atoms with Gasteiger partial charge in [-0.1, -0.05) is 32.4 Å². The molecular weight excluding hydrogens is 356 g/mol. The van der Waals surface area contributed by atoms with Gasteiger partial charge in [0, 0.05) is 0 Å². The number of sulfonamides is 1. The largest absolute Gasteiger partial charge is 0.444 e. The molecule has 0 spiro atoms. The Morgan fingerprint density at radius 2 is 1.85 bits per heavy atom. The predicted molar refractivity (Wildman–Crippen MR) is 99.1 cm³/mol. The van der Waals surface area contributed by atoms with Crippen molar-refractivity contribution < 1.29 is 22.7 Å². The number of nitrogens with one attached hydrogen (secondary N) is 2. The molecule has 26 heavy (non-hydrogen) atoms. The molecule has 0 radical (unpaired) electrons. The van der Waals surface area contributed by atoms with Crippen molar-refractivity contribution in [3.8, 4) is 0 Å². The van der Waals surface area contributed by atoms with E-state index in [1.807, 2.05) is 11.6 Å². The molecule has 0 saturated heterocycles. The molecule has 0 saturated carbocycles. The van der Waals surface area contributed by atoms with Gasteiger partial charge in [-0.25, -0.2) is 17.9 Å². The van der Waals surface area contributed by atoms with Crippen LogP contribution in [0.25, 0.3) is 0 Å². The minimum absolute atomic E-state index is 0.00832. The van der Waals surface area contributed by atoms with Gasteiger partial charge >= 0.3 is 6.09 Å². The van der Waals surface area contributed by atoms with E-state index in [4.69, 9.17) is 4.74 Å². The summed E-state index contributed by atoms with van der Waals surface area (Å²) in [6, 6.07) is 5.19. The van der Waals surface area contributed by atoms with Gasteiger partial charge < -0.3 is 10.1 Å². The van der Waals surface area contributed by atoms with Crippen LogP contribution in [0.2, 0.25) is 0 Å². The predicted octanol–water partition coefficient (Wildman–Crippen LogP) is 2.74. The third kappa shape index (κ3) is 6.67. The van der Waals surface area contributed by atoms with Crippen LogP contribution in [0.1, 0.15) is 46.6 Å². The molecule has 2 N–H and O–H groups in total. The number of ether oxygens (including phenoxy) is 1. The maximum Gasteiger partial charge on any atom is 0.408 e. The molecule has 0 aliphatic heterocycles. The molecule has 0 bridgehead atoms. The zero-order valence-electron chi connectivity index (χ0n) is 16.1. The van der Waals surface area contributed by atoms with Crippen LogP contribution in [0, 0.1) is 12.8 Å². The summed E-state index contributed by atoms with van der Waals surface area (Å²) in [6.07, 6.45) is -0.204. The lowest BCUT2D eigenvalue weighted by Gasteiger charge is -2.26. The van der Waals surface area contributed by atoms with E-state index < -0.39 is 33.7 Å². The Morgan fingerprint density at radius 3 is 2.35 bits per heavy atom. The third-order valence-corrected chi connectivity index (χ3v) is 5.05. The zero-order valence-corrected chi connectivity index (χ0v) is 16.9. The Kier molecular flexibility index (Phi) is 7.20. The summed E-state index contributed by atoms with van der Waals surface area (Å²) in [5.74, 6) is -1.08. The van der Waals surface area contributed by atoms with Crippen LogP contribution in [-0.2, 0) is 19.6 Å². The van der Waals surface area contributed by atoms with Crippen LogP contribution < -0.4 is 10.0 Å². The molecule has 0 fully saturated rings. The van der Waals surface area contributed by atoms with Gasteiger partial charge in [-0.05, 0) is 51.3 Å². The van der Waals surface area contributed by atoms with Gasteiger partial charge in [0.25, 0.3) is 15.9 Å². The lowest BCUT2D eigenvalue weighted by Crippen LogP contribution is -2.52. The Balaban J connectivity index is 2.97. The number of alkyl carbamates (subject to hydrolysis) is 1. The Morgan fingerprint density at radius 1 is 1.23 bits per heavy atom. The molecule has 0 aromatic heterocycles. The molecule has 146 valence electrons. The average molecular weight is 384 g/mol. The molecule has 8 heteroatoms. The van der Waals surface area contributed by atoms with Crippen LogP contribution >= 0.6 is 0 Å². The van der Waals surface area contributed by atoms with Gasteiger partial charge in [0.2, 0.25) is 0 Å². The van der Waals surface area contributed by atoms with E-state index in [2.05, 4.69) is 5.32 Å². The number of carbonyl (C=O) groups excluding carboxylic acids is 2. The lowest BCUT2D eigenvalue weighted by atomic mass is 9.99. The first-order valence-corrected chi connectivity index (χ1v) is 9.97. The highest BCUT2D eigenvalue weighted by molar-refractivity contribution is 7.90. The summed E-state index contributed by atoms with van der Waals surface area (Å²) in [6.45, 7) is 10.5. The van der Waals surface area contributed by atoms with E-state index in [0.717, 1.165) is 5.56 Å². The second-order valence-electron chi connectivity index (χ2n) is 7.30. The number of aryl methyl sites for hydroxylation is 1. The summed E-state index contributed by atoms with van der Waals surface area (Å²) in [5, 5.41) is 2.47. The number of benzene rings is 1. The number of hydrogen-bond acceptors (Lipinski definition) is 5. The van der Waals surface area contributed by atoms with E-state index >= 15 is 0 Å². The van der Waals surface area contributed by atoms with Crippen molar-refractivity contribution in [1.29, 1.82) is 0 Å². The van der Waals surface area contributed by atoms with E-state index in [1.165, 1.54) is 12.1 Å². The van der Waals surface area contributed by atoms with Crippen LogP contribution in [-0.4, -0.2) is 32.1 Å². The Hall–Kier alpha value is -2.09. The van der Waals surface area contributed by atoms with E-state index in [-0.39, 0.29) is 10.8 Å². The van der Waals surface area contributed by atoms with E-state index in [1.54, 1.807) is 46.8 Å². The standard InChI is InChI=1S/C18H28N2O5S/c1-7-13(3)15(19-17(22)25-18(4,5)6)16(21)20-26(23,24)14-10-8-9-12(2)11-14/h8-11,13,15H,7H2,1-6H3,(H,19,22)(H,20,21)/t13-,15-/m0/s1. The van der Waals surface area contributed by atoms with Crippen LogP contribution in [0.3, 0.4) is 0 Å². The molecule has 0 aliphatic rings. The SMILES string of the molecule is CC[C@H](C)[C@H](NC(=O)OC(C)(C)C)C(=O)NS(=O)(=O)c1cccc(C)c1. The molecule has 7 nitrogen and oxygen atoms in total. The second kappa shape index (κ2) is 8.53. The molecule has 1 aromatic carbocycles. The normalized spacial score (nSPS) is 14.2. The fourth-order valence-electron chi connectivity index (χ4n) is 2.17. The summed E-state index contributed by atoms with van der Waals surface area (Å²) in [4.78, 5) is 24.6. The number of rotatable bonds is 6. The molecule has 0 unspecified atom stereocenters. The van der Waals surface area contributed by atoms with Crippen molar-refractivity contribution in [1.82, 2.24) is 10.0 Å². The van der Waals surface area contributed by atoms with Gasteiger partial charge in [0.1, 0.15) is 11.6 Å². The van der Waals surface area contributed by atoms with Crippen LogP contribution in [0.5, 0.6) is 0 Å². The quantitative estimate of drug-likeness (QED) is 0.785. The minimum atomic E-state index is -4.03. The monoisotopic (exact) mass is 384 g/mol. The summed E-state index contributed by atoms with van der Waals surface area (Å²) in [7, 11) is -4.03. The van der Waals surface area contributed by atoms with Gasteiger partial charge in [0.15, 0.2) is 0 Å². The highest BCUT2D eigenvalue weighted by atomic mass is 32.2. The van der Waals surface area contributed by atoms with Crippen molar-refractivity contribution >= 4 is 22.0 Å². The summed E-state index contributed by atoms with van der Waals surface area (Å²) in [5.41, 5.74) is 0.0273. The average Bonchev–Trinajstić information content (AvgIpc) is 2.49. The van der Waals surface area contributed by atoms with Gasteiger partial charge in [0.05, 0.1) is 4.90 Å². The molecule has 1 aromatic rings. The summed E-state index contributed by atoms with van der Waals surface area (Å²) >= 11 is 0. The minimum Gasteiger partial charge on any atom is -0.444 e. The second-order valence-corrected chi connectivity index (χ2v) is 8.98. The Bertz CT molecular complexity index is 753. The van der Waals surface area contributed by atoms with Crippen molar-refractivity contribution in [2.75, 3.05) is 0 Å². The summed E-state index contributed by atoms with van der Waals surface area (Å²) < 4.78 is 32.1. The molecule has 0 aliphatic carbocycles. The topological polar surface area (TPSA) is 102 Å². The first kappa shape index (κ1) is 22.0. The highest BCUT2D eigenvalue weighted by Gasteiger charge is 2.31.